The lowest BCUT2D eigenvalue weighted by atomic mass is 10.1. The van der Waals surface area contributed by atoms with Crippen molar-refractivity contribution in [2.24, 2.45) is 0 Å². The van der Waals surface area contributed by atoms with E-state index in [0.29, 0.717) is 12.2 Å². The van der Waals surface area contributed by atoms with Crippen molar-refractivity contribution in [1.29, 1.82) is 0 Å². The summed E-state index contributed by atoms with van der Waals surface area (Å²) in [6.07, 6.45) is -2.09. The first kappa shape index (κ1) is 16.5. The summed E-state index contributed by atoms with van der Waals surface area (Å²) in [4.78, 5) is 12.4. The molecule has 23 heavy (non-hydrogen) atoms. The summed E-state index contributed by atoms with van der Waals surface area (Å²) in [5, 5.41) is 31.2. The van der Waals surface area contributed by atoms with Crippen LogP contribution < -0.4 is 0 Å². The van der Waals surface area contributed by atoms with Crippen LogP contribution in [0.2, 0.25) is 5.15 Å². The number of nitrogens with zero attached hydrogens (tertiary/aromatic N) is 4. The summed E-state index contributed by atoms with van der Waals surface area (Å²) in [5.41, 5.74) is 0.464. The smallest absolute Gasteiger partial charge is 0.286 e. The number of hydrogen-bond donors (Lipinski definition) is 3. The molecule has 4 atom stereocenters. The quantitative estimate of drug-likeness (QED) is 0.629. The molecule has 0 spiro atoms. The van der Waals surface area contributed by atoms with E-state index < -0.39 is 24.2 Å². The van der Waals surface area contributed by atoms with Gasteiger partial charge in [-0.25, -0.2) is 15.0 Å². The van der Waals surface area contributed by atoms with Crippen molar-refractivity contribution in [3.63, 3.8) is 0 Å². The van der Waals surface area contributed by atoms with E-state index in [0.717, 1.165) is 4.57 Å². The topological polar surface area (TPSA) is 123 Å². The lowest BCUT2D eigenvalue weighted by Gasteiger charge is -2.27. The molecule has 0 saturated carbocycles. The van der Waals surface area contributed by atoms with Gasteiger partial charge in [-0.2, -0.15) is 0 Å². The first-order chi connectivity index (χ1) is 10.9. The highest BCUT2D eigenvalue weighted by Crippen LogP contribution is 2.36. The molecule has 3 rings (SSSR count). The Morgan fingerprint density at radius 1 is 1.43 bits per heavy atom. The maximum absolute atomic E-state index is 10.8. The molecule has 2 aromatic rings. The molecule has 0 bridgehead atoms. The van der Waals surface area contributed by atoms with Crippen LogP contribution in [0.25, 0.3) is 11.2 Å². The number of fused-ring (bicyclic) bond motifs is 1. The third kappa shape index (κ3) is 2.49. The van der Waals surface area contributed by atoms with Gasteiger partial charge < -0.3 is 24.8 Å². The van der Waals surface area contributed by atoms with Crippen molar-refractivity contribution in [2.75, 3.05) is 13.7 Å². The van der Waals surface area contributed by atoms with Gasteiger partial charge in [0.15, 0.2) is 16.9 Å². The van der Waals surface area contributed by atoms with Gasteiger partial charge in [-0.3, -0.25) is 4.57 Å². The van der Waals surface area contributed by atoms with Crippen LogP contribution in [0.15, 0.2) is 6.33 Å². The second kappa shape index (κ2) is 5.93. The van der Waals surface area contributed by atoms with Gasteiger partial charge in [0.2, 0.25) is 0 Å². The van der Waals surface area contributed by atoms with Crippen molar-refractivity contribution in [3.05, 3.63) is 17.3 Å². The molecule has 0 aliphatic carbocycles. The van der Waals surface area contributed by atoms with E-state index in [1.54, 1.807) is 0 Å². The predicted molar refractivity (Wildman–Crippen MR) is 78.7 cm³/mol. The number of aromatic nitrogens is 4. The molecule has 0 aromatic carbocycles. The first-order valence-electron chi connectivity index (χ1n) is 7.07. The normalized spacial score (nSPS) is 31.1. The van der Waals surface area contributed by atoms with Gasteiger partial charge in [0.25, 0.3) is 5.91 Å². The van der Waals surface area contributed by atoms with Crippen LogP contribution in [0.1, 0.15) is 12.7 Å². The average molecular weight is 345 g/mol. The number of imidazole rings is 1. The Labute approximate surface area is 136 Å². The van der Waals surface area contributed by atoms with E-state index in [-0.39, 0.29) is 22.9 Å². The second-order valence-electron chi connectivity index (χ2n) is 5.28. The standard InChI is InChI=1S/C13H17ClN4O5/c1-3-7-16-11(14)8-12(17-7)18(5-15-8)13(21)10(20)9(19)6(23-13)4-22-2/h5-6,9-10,19-21H,3-4H2,1-2H3/t6-,9-,10-,13+/m1/s1. The van der Waals surface area contributed by atoms with Crippen LogP contribution in [0.5, 0.6) is 0 Å². The molecule has 1 fully saturated rings. The molecular formula is C13H17ClN4O5. The number of ether oxygens (including phenoxy) is 2. The number of hydrogen-bond acceptors (Lipinski definition) is 8. The van der Waals surface area contributed by atoms with E-state index in [4.69, 9.17) is 21.1 Å². The summed E-state index contributed by atoms with van der Waals surface area (Å²) in [7, 11) is 1.42. The highest BCUT2D eigenvalue weighted by Gasteiger charge is 2.55. The Morgan fingerprint density at radius 2 is 2.17 bits per heavy atom. The summed E-state index contributed by atoms with van der Waals surface area (Å²) in [6.45, 7) is 1.86. The molecule has 1 aliphatic rings. The van der Waals surface area contributed by atoms with Gasteiger partial charge in [-0.05, 0) is 0 Å². The van der Waals surface area contributed by atoms with E-state index in [1.165, 1.54) is 13.4 Å². The fourth-order valence-electron chi connectivity index (χ4n) is 2.58. The van der Waals surface area contributed by atoms with Gasteiger partial charge >= 0.3 is 0 Å². The molecule has 0 radical (unpaired) electrons. The fourth-order valence-corrected chi connectivity index (χ4v) is 2.82. The summed E-state index contributed by atoms with van der Waals surface area (Å²) in [5.74, 6) is -1.78. The van der Waals surface area contributed by atoms with Crippen molar-refractivity contribution in [1.82, 2.24) is 19.5 Å². The van der Waals surface area contributed by atoms with Crippen LogP contribution in [-0.2, 0) is 21.8 Å². The summed E-state index contributed by atoms with van der Waals surface area (Å²) < 4.78 is 11.5. The fraction of sp³-hybridized carbons (Fsp3) is 0.615. The Morgan fingerprint density at radius 3 is 2.83 bits per heavy atom. The molecule has 10 heteroatoms. The van der Waals surface area contributed by atoms with Gasteiger partial charge in [0, 0.05) is 13.5 Å². The Kier molecular flexibility index (Phi) is 4.25. The van der Waals surface area contributed by atoms with Crippen LogP contribution in [-0.4, -0.2) is 66.9 Å². The van der Waals surface area contributed by atoms with Crippen molar-refractivity contribution >= 4 is 22.8 Å². The second-order valence-corrected chi connectivity index (χ2v) is 5.63. The minimum absolute atomic E-state index is 0.00309. The zero-order valence-electron chi connectivity index (χ0n) is 12.5. The third-order valence-electron chi connectivity index (χ3n) is 3.81. The molecule has 1 aliphatic heterocycles. The average Bonchev–Trinajstić information content (AvgIpc) is 3.05. The van der Waals surface area contributed by atoms with E-state index in [2.05, 4.69) is 15.0 Å². The molecule has 1 saturated heterocycles. The van der Waals surface area contributed by atoms with Crippen LogP contribution in [0.3, 0.4) is 0 Å². The Balaban J connectivity index is 2.10. The molecule has 9 nitrogen and oxygen atoms in total. The number of aryl methyl sites for hydroxylation is 1. The molecule has 0 unspecified atom stereocenters. The van der Waals surface area contributed by atoms with Crippen molar-refractivity contribution in [3.8, 4) is 0 Å². The number of methoxy groups -OCH3 is 1. The number of rotatable bonds is 4. The van der Waals surface area contributed by atoms with E-state index >= 15 is 0 Å². The maximum Gasteiger partial charge on any atom is 0.286 e. The summed E-state index contributed by atoms with van der Waals surface area (Å²) in [6, 6.07) is 0. The number of aliphatic hydroxyl groups is 3. The molecule has 2 aromatic heterocycles. The summed E-state index contributed by atoms with van der Waals surface area (Å²) >= 11 is 6.07. The van der Waals surface area contributed by atoms with E-state index in [1.807, 2.05) is 6.92 Å². The Hall–Kier alpha value is -1.36. The van der Waals surface area contributed by atoms with Gasteiger partial charge in [0.05, 0.1) is 6.61 Å². The van der Waals surface area contributed by atoms with E-state index in [9.17, 15) is 15.3 Å². The van der Waals surface area contributed by atoms with Crippen molar-refractivity contribution < 1.29 is 24.8 Å². The highest BCUT2D eigenvalue weighted by atomic mass is 35.5. The lowest BCUT2D eigenvalue weighted by molar-refractivity contribution is -0.287. The minimum atomic E-state index is -2.24. The van der Waals surface area contributed by atoms with Gasteiger partial charge in [0.1, 0.15) is 29.9 Å². The van der Waals surface area contributed by atoms with Gasteiger partial charge in [-0.15, -0.1) is 0 Å². The predicted octanol–water partition coefficient (Wildman–Crippen LogP) is -0.588. The first-order valence-corrected chi connectivity index (χ1v) is 7.45. The van der Waals surface area contributed by atoms with Gasteiger partial charge in [-0.1, -0.05) is 18.5 Å². The van der Waals surface area contributed by atoms with Crippen LogP contribution in [0, 0.1) is 0 Å². The number of halogens is 1. The SMILES string of the molecule is CCc1nc(Cl)c2ncn([C@@]3(O)O[C@H](COC)[C@@H](O)[C@H]3O)c2n1. The number of aliphatic hydroxyl groups excluding tert-OH is 2. The zero-order chi connectivity index (χ0) is 16.8. The highest BCUT2D eigenvalue weighted by molar-refractivity contribution is 6.33. The molecule has 3 N–H and O–H groups in total. The monoisotopic (exact) mass is 344 g/mol. The zero-order valence-corrected chi connectivity index (χ0v) is 13.3. The molecule has 126 valence electrons. The molecule has 0 amide bonds. The van der Waals surface area contributed by atoms with Crippen LogP contribution >= 0.6 is 11.6 Å². The minimum Gasteiger partial charge on any atom is -0.387 e. The molecule has 3 heterocycles. The lowest BCUT2D eigenvalue weighted by Crippen LogP contribution is -2.45. The van der Waals surface area contributed by atoms with Crippen molar-refractivity contribution in [2.45, 2.75) is 37.6 Å². The largest absolute Gasteiger partial charge is 0.387 e. The third-order valence-corrected chi connectivity index (χ3v) is 4.07. The molecular weight excluding hydrogens is 328 g/mol. The van der Waals surface area contributed by atoms with Crippen LogP contribution in [0.4, 0.5) is 0 Å². The Bertz CT molecular complexity index is 726. The maximum atomic E-state index is 10.8.